The quantitative estimate of drug-likeness (QED) is 0.725. The van der Waals surface area contributed by atoms with Gasteiger partial charge in [-0.2, -0.15) is 0 Å². The van der Waals surface area contributed by atoms with Crippen LogP contribution in [0.2, 0.25) is 0 Å². The maximum atomic E-state index is 12.4. The zero-order valence-corrected chi connectivity index (χ0v) is 11.6. The summed E-state index contributed by atoms with van der Waals surface area (Å²) in [7, 11) is -1.86. The molecular formula is C12H21NO4S. The second-order valence-corrected chi connectivity index (χ2v) is 7.38. The van der Waals surface area contributed by atoms with E-state index in [2.05, 4.69) is 4.74 Å². The highest BCUT2D eigenvalue weighted by atomic mass is 32.2. The van der Waals surface area contributed by atoms with E-state index in [9.17, 15) is 13.2 Å². The Kier molecular flexibility index (Phi) is 4.27. The van der Waals surface area contributed by atoms with E-state index >= 15 is 0 Å². The van der Waals surface area contributed by atoms with Gasteiger partial charge in [-0.3, -0.25) is 4.79 Å². The van der Waals surface area contributed by atoms with Crippen molar-refractivity contribution in [3.8, 4) is 0 Å². The lowest BCUT2D eigenvalue weighted by Gasteiger charge is -2.26. The smallest absolute Gasteiger partial charge is 0.310 e. The second-order valence-electron chi connectivity index (χ2n) is 5.17. The molecule has 0 aromatic carbocycles. The molecule has 18 heavy (non-hydrogen) atoms. The minimum Gasteiger partial charge on any atom is -0.469 e. The lowest BCUT2D eigenvalue weighted by Crippen LogP contribution is -2.38. The fourth-order valence-electron chi connectivity index (χ4n) is 2.89. The van der Waals surface area contributed by atoms with Gasteiger partial charge < -0.3 is 4.74 Å². The minimum atomic E-state index is -3.21. The molecule has 1 aliphatic heterocycles. The van der Waals surface area contributed by atoms with E-state index in [0.29, 0.717) is 19.5 Å². The minimum absolute atomic E-state index is 0.234. The van der Waals surface area contributed by atoms with Gasteiger partial charge in [0.25, 0.3) is 0 Å². The molecule has 0 bridgehead atoms. The van der Waals surface area contributed by atoms with Crippen molar-refractivity contribution in [3.05, 3.63) is 0 Å². The Morgan fingerprint density at radius 3 is 2.44 bits per heavy atom. The number of sulfonamides is 1. The molecule has 1 aliphatic carbocycles. The number of esters is 1. The molecule has 5 nitrogen and oxygen atoms in total. The summed E-state index contributed by atoms with van der Waals surface area (Å²) >= 11 is 0. The Morgan fingerprint density at radius 2 is 1.83 bits per heavy atom. The molecule has 0 spiro atoms. The Bertz CT molecular complexity index is 400. The van der Waals surface area contributed by atoms with Crippen molar-refractivity contribution in [2.45, 2.75) is 43.8 Å². The van der Waals surface area contributed by atoms with Crippen molar-refractivity contribution < 1.29 is 17.9 Å². The third-order valence-corrected chi connectivity index (χ3v) is 6.38. The number of rotatable bonds is 3. The van der Waals surface area contributed by atoms with E-state index < -0.39 is 10.0 Å². The molecule has 1 atom stereocenters. The zero-order chi connectivity index (χ0) is 13.2. The normalized spacial score (nSPS) is 27.3. The summed E-state index contributed by atoms with van der Waals surface area (Å²) in [6.07, 6.45) is 5.25. The first-order valence-electron chi connectivity index (χ1n) is 6.62. The fraction of sp³-hybridized carbons (Fsp3) is 0.917. The molecule has 1 saturated heterocycles. The van der Waals surface area contributed by atoms with Gasteiger partial charge in [0.05, 0.1) is 18.3 Å². The molecule has 2 aliphatic rings. The van der Waals surface area contributed by atoms with E-state index in [1.54, 1.807) is 0 Å². The van der Waals surface area contributed by atoms with Crippen molar-refractivity contribution in [1.82, 2.24) is 4.31 Å². The topological polar surface area (TPSA) is 63.7 Å². The zero-order valence-electron chi connectivity index (χ0n) is 10.8. The summed E-state index contributed by atoms with van der Waals surface area (Å²) in [6, 6.07) is 0. The maximum absolute atomic E-state index is 12.4. The van der Waals surface area contributed by atoms with Gasteiger partial charge in [0.1, 0.15) is 0 Å². The standard InChI is InChI=1S/C12H21NO4S/c1-17-12(14)10-7-8-13(9-10)18(15,16)11-5-3-2-4-6-11/h10-11H,2-9H2,1H3. The Labute approximate surface area is 109 Å². The van der Waals surface area contributed by atoms with Crippen LogP contribution in [-0.4, -0.2) is 44.1 Å². The van der Waals surface area contributed by atoms with Crippen LogP contribution in [-0.2, 0) is 19.6 Å². The molecule has 0 radical (unpaired) electrons. The molecule has 1 heterocycles. The number of ether oxygens (including phenoxy) is 1. The van der Waals surface area contributed by atoms with Crippen LogP contribution in [0.1, 0.15) is 38.5 Å². The molecule has 1 saturated carbocycles. The Morgan fingerprint density at radius 1 is 1.17 bits per heavy atom. The lowest BCUT2D eigenvalue weighted by molar-refractivity contribution is -0.144. The maximum Gasteiger partial charge on any atom is 0.310 e. The number of nitrogens with zero attached hydrogens (tertiary/aromatic N) is 1. The SMILES string of the molecule is COC(=O)C1CCN(S(=O)(=O)C2CCCCC2)C1. The largest absolute Gasteiger partial charge is 0.469 e. The highest BCUT2D eigenvalue weighted by Crippen LogP contribution is 2.29. The summed E-state index contributed by atoms with van der Waals surface area (Å²) in [5, 5.41) is -0.234. The highest BCUT2D eigenvalue weighted by molar-refractivity contribution is 7.89. The van der Waals surface area contributed by atoms with Gasteiger partial charge >= 0.3 is 5.97 Å². The summed E-state index contributed by atoms with van der Waals surface area (Å²) < 4.78 is 31.0. The van der Waals surface area contributed by atoms with Gasteiger partial charge in [0, 0.05) is 13.1 Å². The fourth-order valence-corrected chi connectivity index (χ4v) is 4.99. The first-order valence-corrected chi connectivity index (χ1v) is 8.13. The molecule has 0 N–H and O–H groups in total. The predicted molar refractivity (Wildman–Crippen MR) is 67.5 cm³/mol. The molecule has 0 aromatic heterocycles. The van der Waals surface area contributed by atoms with Gasteiger partial charge in [-0.1, -0.05) is 19.3 Å². The summed E-state index contributed by atoms with van der Waals surface area (Å²) in [5.74, 6) is -0.579. The number of carbonyl (C=O) groups excluding carboxylic acids is 1. The number of hydrogen-bond acceptors (Lipinski definition) is 4. The molecule has 2 rings (SSSR count). The van der Waals surface area contributed by atoms with Crippen LogP contribution in [0.25, 0.3) is 0 Å². The predicted octanol–water partition coefficient (Wildman–Crippen LogP) is 1.14. The molecule has 0 aromatic rings. The average molecular weight is 275 g/mol. The van der Waals surface area contributed by atoms with Crippen molar-refractivity contribution in [2.24, 2.45) is 5.92 Å². The number of methoxy groups -OCH3 is 1. The number of hydrogen-bond donors (Lipinski definition) is 0. The van der Waals surface area contributed by atoms with Crippen LogP contribution in [0.15, 0.2) is 0 Å². The summed E-state index contributed by atoms with van der Waals surface area (Å²) in [6.45, 7) is 0.754. The van der Waals surface area contributed by atoms with Crippen LogP contribution in [0.5, 0.6) is 0 Å². The van der Waals surface area contributed by atoms with Gasteiger partial charge in [-0.05, 0) is 19.3 Å². The van der Waals surface area contributed by atoms with E-state index in [1.165, 1.54) is 11.4 Å². The van der Waals surface area contributed by atoms with Gasteiger partial charge in [0.2, 0.25) is 10.0 Å². The van der Waals surface area contributed by atoms with Crippen molar-refractivity contribution in [3.63, 3.8) is 0 Å². The highest BCUT2D eigenvalue weighted by Gasteiger charge is 2.39. The van der Waals surface area contributed by atoms with Crippen molar-refractivity contribution >= 4 is 16.0 Å². The van der Waals surface area contributed by atoms with Crippen LogP contribution in [0, 0.1) is 5.92 Å². The molecule has 2 fully saturated rings. The van der Waals surface area contributed by atoms with Gasteiger partial charge in [-0.25, -0.2) is 12.7 Å². The molecule has 1 unspecified atom stereocenters. The average Bonchev–Trinajstić information content (AvgIpc) is 2.89. The molecule has 6 heteroatoms. The Balaban J connectivity index is 2.01. The van der Waals surface area contributed by atoms with Crippen LogP contribution in [0.3, 0.4) is 0 Å². The lowest BCUT2D eigenvalue weighted by atomic mass is 10.0. The van der Waals surface area contributed by atoms with Gasteiger partial charge in [-0.15, -0.1) is 0 Å². The molecular weight excluding hydrogens is 254 g/mol. The first kappa shape index (κ1) is 13.8. The number of carbonyl (C=O) groups is 1. The van der Waals surface area contributed by atoms with Crippen LogP contribution >= 0.6 is 0 Å². The van der Waals surface area contributed by atoms with Crippen LogP contribution < -0.4 is 0 Å². The van der Waals surface area contributed by atoms with E-state index in [-0.39, 0.29) is 17.1 Å². The first-order chi connectivity index (χ1) is 8.55. The molecule has 0 amide bonds. The van der Waals surface area contributed by atoms with Crippen molar-refractivity contribution in [2.75, 3.05) is 20.2 Å². The summed E-state index contributed by atoms with van der Waals surface area (Å²) in [5.41, 5.74) is 0. The molecule has 104 valence electrons. The van der Waals surface area contributed by atoms with E-state index in [1.807, 2.05) is 0 Å². The Hall–Kier alpha value is -0.620. The summed E-state index contributed by atoms with van der Waals surface area (Å²) in [4.78, 5) is 11.4. The van der Waals surface area contributed by atoms with Crippen LogP contribution in [0.4, 0.5) is 0 Å². The third kappa shape index (κ3) is 2.69. The monoisotopic (exact) mass is 275 g/mol. The third-order valence-electron chi connectivity index (χ3n) is 4.02. The van der Waals surface area contributed by atoms with E-state index in [4.69, 9.17) is 0 Å². The van der Waals surface area contributed by atoms with Crippen molar-refractivity contribution in [1.29, 1.82) is 0 Å². The van der Waals surface area contributed by atoms with E-state index in [0.717, 1.165) is 32.1 Å². The second kappa shape index (κ2) is 5.57. The van der Waals surface area contributed by atoms with Gasteiger partial charge in [0.15, 0.2) is 0 Å².